The van der Waals surface area contributed by atoms with E-state index in [-0.39, 0.29) is 31.9 Å². The number of rotatable bonds is 10. The van der Waals surface area contributed by atoms with Crippen LogP contribution in [0.5, 0.6) is 0 Å². The Kier molecular flexibility index (Phi) is 11.1. The van der Waals surface area contributed by atoms with E-state index in [4.69, 9.17) is 9.72 Å². The quantitative estimate of drug-likeness (QED) is 0.259. The van der Waals surface area contributed by atoms with Crippen LogP contribution in [-0.2, 0) is 14.1 Å². The Morgan fingerprint density at radius 1 is 0.977 bits per heavy atom. The van der Waals surface area contributed by atoms with Gasteiger partial charge in [-0.2, -0.15) is 0 Å². The fraction of sp³-hybridized carbons (Fsp3) is 0.536. The summed E-state index contributed by atoms with van der Waals surface area (Å²) in [6.07, 6.45) is 0.305. The lowest BCUT2D eigenvalue weighted by molar-refractivity contribution is -0.134. The summed E-state index contributed by atoms with van der Waals surface area (Å²) in [7, 11) is -2.67. The molecule has 3 N–H and O–H groups in total. The van der Waals surface area contributed by atoms with Gasteiger partial charge in [0.2, 0.25) is 5.91 Å². The van der Waals surface area contributed by atoms with Gasteiger partial charge in [0.1, 0.15) is 17.6 Å². The molecule has 1 aromatic heterocycles. The van der Waals surface area contributed by atoms with Crippen molar-refractivity contribution < 1.29 is 33.5 Å². The zero-order valence-corrected chi connectivity index (χ0v) is 25.5. The molecule has 4 rings (SSSR count). The lowest BCUT2D eigenvalue weighted by atomic mass is 10.2. The minimum atomic E-state index is -4.71. The standard InChI is InChI=1S/C28H40N7O7P/c1-3-4-18-42-28(38)35-16-14-34(15-17-35)27(37)23(20-43(39,40)41)30-26(36)22-19-24(33-12-10-32(2)11-13-33)31-25(29-22)21-8-6-5-7-9-21/h5-9,19,23H,3-4,10-18,20H2,1-2H3,(H,30,36)(H2,39,40,41)/t23-/m0/s1. The molecular weight excluding hydrogens is 577 g/mol. The number of hydrogen-bond acceptors (Lipinski definition) is 9. The first kappa shape index (κ1) is 32.3. The van der Waals surface area contributed by atoms with Crippen LogP contribution in [0, 0.1) is 0 Å². The molecule has 2 aliphatic heterocycles. The molecule has 3 amide bonds. The van der Waals surface area contributed by atoms with Crippen LogP contribution in [0.3, 0.4) is 0 Å². The van der Waals surface area contributed by atoms with E-state index in [1.165, 1.54) is 15.9 Å². The highest BCUT2D eigenvalue weighted by atomic mass is 31.2. The Bertz CT molecular complexity index is 1310. The lowest BCUT2D eigenvalue weighted by Gasteiger charge is -2.36. The molecule has 14 nitrogen and oxygen atoms in total. The predicted octanol–water partition coefficient (Wildman–Crippen LogP) is 1.25. The van der Waals surface area contributed by atoms with Crippen molar-refractivity contribution in [2.24, 2.45) is 0 Å². The number of nitrogens with zero attached hydrogens (tertiary/aromatic N) is 6. The highest BCUT2D eigenvalue weighted by Gasteiger charge is 2.35. The fourth-order valence-electron chi connectivity index (χ4n) is 4.85. The topological polar surface area (TPSA) is 169 Å². The van der Waals surface area contributed by atoms with Gasteiger partial charge in [0, 0.05) is 64.0 Å². The van der Waals surface area contributed by atoms with Gasteiger partial charge in [0.15, 0.2) is 5.82 Å². The van der Waals surface area contributed by atoms with E-state index in [0.717, 1.165) is 25.9 Å². The first-order chi connectivity index (χ1) is 20.5. The molecule has 1 atom stereocenters. The molecule has 2 aromatic rings. The molecule has 0 aliphatic carbocycles. The van der Waals surface area contributed by atoms with E-state index < -0.39 is 37.7 Å². The Labute approximate surface area is 251 Å². The minimum absolute atomic E-state index is 0.0223. The van der Waals surface area contributed by atoms with E-state index in [9.17, 15) is 28.7 Å². The molecule has 2 saturated heterocycles. The second-order valence-corrected chi connectivity index (χ2v) is 12.4. The lowest BCUT2D eigenvalue weighted by Crippen LogP contribution is -2.56. The maximum atomic E-state index is 13.5. The van der Waals surface area contributed by atoms with Gasteiger partial charge in [0.05, 0.1) is 12.8 Å². The van der Waals surface area contributed by atoms with Gasteiger partial charge in [-0.05, 0) is 13.5 Å². The second kappa shape index (κ2) is 14.7. The van der Waals surface area contributed by atoms with Crippen LogP contribution in [0.1, 0.15) is 30.3 Å². The molecule has 0 spiro atoms. The van der Waals surface area contributed by atoms with Crippen molar-refractivity contribution in [3.05, 3.63) is 42.1 Å². The predicted molar refractivity (Wildman–Crippen MR) is 160 cm³/mol. The minimum Gasteiger partial charge on any atom is -0.449 e. The molecular formula is C28H40N7O7P. The van der Waals surface area contributed by atoms with Crippen LogP contribution in [0.15, 0.2) is 36.4 Å². The van der Waals surface area contributed by atoms with E-state index in [0.29, 0.717) is 36.9 Å². The Morgan fingerprint density at radius 2 is 1.63 bits per heavy atom. The Hall–Kier alpha value is -3.58. The number of anilines is 1. The zero-order chi connectivity index (χ0) is 31.0. The summed E-state index contributed by atoms with van der Waals surface area (Å²) < 4.78 is 17.2. The zero-order valence-electron chi connectivity index (χ0n) is 24.6. The van der Waals surface area contributed by atoms with Crippen LogP contribution >= 0.6 is 7.60 Å². The van der Waals surface area contributed by atoms with Crippen molar-refractivity contribution in [2.45, 2.75) is 25.8 Å². The first-order valence-corrected chi connectivity index (χ1v) is 16.3. The second-order valence-electron chi connectivity index (χ2n) is 10.7. The van der Waals surface area contributed by atoms with Crippen molar-refractivity contribution in [1.82, 2.24) is 30.0 Å². The van der Waals surface area contributed by atoms with Gasteiger partial charge in [0.25, 0.3) is 5.91 Å². The molecule has 43 heavy (non-hydrogen) atoms. The number of carbonyl (C=O) groups is 3. The van der Waals surface area contributed by atoms with Crippen LogP contribution in [0.4, 0.5) is 10.6 Å². The highest BCUT2D eigenvalue weighted by Crippen LogP contribution is 2.35. The molecule has 0 saturated carbocycles. The molecule has 15 heteroatoms. The first-order valence-electron chi connectivity index (χ1n) is 14.5. The normalized spacial score (nSPS) is 17.0. The fourth-order valence-corrected chi connectivity index (χ4v) is 5.57. The number of likely N-dealkylation sites (N-methyl/N-ethyl adjacent to an activating group) is 1. The molecule has 0 unspecified atom stereocenters. The summed E-state index contributed by atoms with van der Waals surface area (Å²) in [5.41, 5.74) is 0.674. The maximum absolute atomic E-state index is 13.5. The SMILES string of the molecule is CCCCOC(=O)N1CCN(C(=O)[C@H](CP(=O)(O)O)NC(=O)c2cc(N3CCN(C)CC3)nc(-c3ccccc3)n2)CC1. The van der Waals surface area contributed by atoms with E-state index in [1.54, 1.807) is 0 Å². The average Bonchev–Trinajstić information content (AvgIpc) is 3.00. The molecule has 2 fully saturated rings. The molecule has 3 heterocycles. The van der Waals surface area contributed by atoms with Gasteiger partial charge in [-0.25, -0.2) is 14.8 Å². The molecule has 0 bridgehead atoms. The van der Waals surface area contributed by atoms with Gasteiger partial charge in [-0.1, -0.05) is 43.7 Å². The highest BCUT2D eigenvalue weighted by molar-refractivity contribution is 7.51. The molecule has 1 aromatic carbocycles. The van der Waals surface area contributed by atoms with Crippen molar-refractivity contribution in [2.75, 3.05) is 77.1 Å². The van der Waals surface area contributed by atoms with Gasteiger partial charge < -0.3 is 39.4 Å². The van der Waals surface area contributed by atoms with Crippen LogP contribution in [-0.4, -0.2) is 131 Å². The molecule has 2 aliphatic rings. The van der Waals surface area contributed by atoms with Crippen LogP contribution in [0.25, 0.3) is 11.4 Å². The summed E-state index contributed by atoms with van der Waals surface area (Å²) in [4.78, 5) is 75.1. The smallest absolute Gasteiger partial charge is 0.409 e. The maximum Gasteiger partial charge on any atom is 0.409 e. The summed E-state index contributed by atoms with van der Waals surface area (Å²) in [5, 5.41) is 2.53. The number of ether oxygens (including phenoxy) is 1. The summed E-state index contributed by atoms with van der Waals surface area (Å²) in [5.74, 6) is -0.527. The van der Waals surface area contributed by atoms with Crippen molar-refractivity contribution in [1.29, 1.82) is 0 Å². The number of carbonyl (C=O) groups excluding carboxylic acids is 3. The number of unbranched alkanes of at least 4 members (excludes halogenated alkanes) is 1. The van der Waals surface area contributed by atoms with Crippen molar-refractivity contribution in [3.63, 3.8) is 0 Å². The van der Waals surface area contributed by atoms with Gasteiger partial charge >= 0.3 is 13.7 Å². The average molecular weight is 618 g/mol. The van der Waals surface area contributed by atoms with Gasteiger partial charge in [-0.3, -0.25) is 14.2 Å². The van der Waals surface area contributed by atoms with Gasteiger partial charge in [-0.15, -0.1) is 0 Å². The summed E-state index contributed by atoms with van der Waals surface area (Å²) in [6, 6.07) is 9.21. The number of amides is 3. The third-order valence-corrected chi connectivity index (χ3v) is 8.24. The summed E-state index contributed by atoms with van der Waals surface area (Å²) >= 11 is 0. The number of hydrogen-bond donors (Lipinski definition) is 3. The largest absolute Gasteiger partial charge is 0.449 e. The number of benzene rings is 1. The summed E-state index contributed by atoms with van der Waals surface area (Å²) in [6.45, 7) is 6.00. The van der Waals surface area contributed by atoms with Crippen LogP contribution < -0.4 is 10.2 Å². The van der Waals surface area contributed by atoms with E-state index in [1.807, 2.05) is 44.3 Å². The van der Waals surface area contributed by atoms with Crippen LogP contribution in [0.2, 0.25) is 0 Å². The number of nitrogens with one attached hydrogen (secondary N) is 1. The molecule has 0 radical (unpaired) electrons. The van der Waals surface area contributed by atoms with Crippen molar-refractivity contribution >= 4 is 31.3 Å². The van der Waals surface area contributed by atoms with E-state index in [2.05, 4.69) is 20.1 Å². The third kappa shape index (κ3) is 9.20. The monoisotopic (exact) mass is 617 g/mol. The molecule has 234 valence electrons. The third-order valence-electron chi connectivity index (χ3n) is 7.40. The number of aromatic nitrogens is 2. The van der Waals surface area contributed by atoms with Crippen molar-refractivity contribution in [3.8, 4) is 11.4 Å². The Balaban J connectivity index is 1.52. The Morgan fingerprint density at radius 3 is 2.26 bits per heavy atom. The van der Waals surface area contributed by atoms with E-state index >= 15 is 0 Å². The number of piperazine rings is 2.